The minimum atomic E-state index is 0.150. The van der Waals surface area contributed by atoms with Crippen molar-refractivity contribution in [3.05, 3.63) is 58.7 Å². The summed E-state index contributed by atoms with van der Waals surface area (Å²) < 4.78 is 5.22. The second-order valence-electron chi connectivity index (χ2n) is 5.90. The molecule has 2 aromatic carbocycles. The molecule has 3 nitrogen and oxygen atoms in total. The van der Waals surface area contributed by atoms with E-state index in [0.717, 1.165) is 16.7 Å². The standard InChI is InChI=1S/C19H20O3/c1-11-8-14-9-18(22-3)17(21)10-16(14)19(12(11)2)13-4-6-15(20)7-5-13/h4-10,12,19-21H,1-3H3. The summed E-state index contributed by atoms with van der Waals surface area (Å²) in [6, 6.07) is 11.0. The highest BCUT2D eigenvalue weighted by Gasteiger charge is 2.29. The first-order chi connectivity index (χ1) is 10.5. The Morgan fingerprint density at radius 2 is 1.73 bits per heavy atom. The van der Waals surface area contributed by atoms with Gasteiger partial charge in [0.15, 0.2) is 11.5 Å². The molecule has 1 aliphatic rings. The fourth-order valence-electron chi connectivity index (χ4n) is 3.22. The summed E-state index contributed by atoms with van der Waals surface area (Å²) in [6.45, 7) is 4.31. The molecule has 3 heteroatoms. The second-order valence-corrected chi connectivity index (χ2v) is 5.90. The first kappa shape index (κ1) is 14.5. The smallest absolute Gasteiger partial charge is 0.161 e. The van der Waals surface area contributed by atoms with Gasteiger partial charge < -0.3 is 14.9 Å². The largest absolute Gasteiger partial charge is 0.508 e. The normalized spacial score (nSPS) is 20.2. The molecule has 22 heavy (non-hydrogen) atoms. The van der Waals surface area contributed by atoms with Gasteiger partial charge in [0.2, 0.25) is 0 Å². The molecule has 3 rings (SSSR count). The van der Waals surface area contributed by atoms with Crippen LogP contribution in [0.25, 0.3) is 6.08 Å². The van der Waals surface area contributed by atoms with Crippen molar-refractivity contribution < 1.29 is 14.9 Å². The van der Waals surface area contributed by atoms with Gasteiger partial charge in [-0.1, -0.05) is 30.7 Å². The van der Waals surface area contributed by atoms with E-state index in [1.165, 1.54) is 5.57 Å². The van der Waals surface area contributed by atoms with Crippen LogP contribution in [0.2, 0.25) is 0 Å². The highest BCUT2D eigenvalue weighted by molar-refractivity contribution is 5.67. The summed E-state index contributed by atoms with van der Waals surface area (Å²) >= 11 is 0. The molecule has 0 aliphatic heterocycles. The zero-order chi connectivity index (χ0) is 15.9. The predicted octanol–water partition coefficient (Wildman–Crippen LogP) is 4.29. The van der Waals surface area contributed by atoms with E-state index in [4.69, 9.17) is 4.74 Å². The third-order valence-corrected chi connectivity index (χ3v) is 4.57. The molecule has 0 fully saturated rings. The molecule has 0 saturated carbocycles. The third-order valence-electron chi connectivity index (χ3n) is 4.57. The van der Waals surface area contributed by atoms with Crippen LogP contribution >= 0.6 is 0 Å². The lowest BCUT2D eigenvalue weighted by atomic mass is 9.73. The van der Waals surface area contributed by atoms with E-state index in [9.17, 15) is 10.2 Å². The van der Waals surface area contributed by atoms with Crippen molar-refractivity contribution >= 4 is 6.08 Å². The van der Waals surface area contributed by atoms with Crippen molar-refractivity contribution in [3.63, 3.8) is 0 Å². The number of fused-ring (bicyclic) bond motifs is 1. The van der Waals surface area contributed by atoms with E-state index >= 15 is 0 Å². The quantitative estimate of drug-likeness (QED) is 0.869. The number of ether oxygens (including phenoxy) is 1. The Balaban J connectivity index is 2.18. The van der Waals surface area contributed by atoms with E-state index in [0.29, 0.717) is 11.7 Å². The van der Waals surface area contributed by atoms with Crippen LogP contribution in [0.1, 0.15) is 36.5 Å². The van der Waals surface area contributed by atoms with Gasteiger partial charge in [-0.3, -0.25) is 0 Å². The average Bonchev–Trinajstić information content (AvgIpc) is 2.50. The van der Waals surface area contributed by atoms with Crippen molar-refractivity contribution in [1.82, 2.24) is 0 Å². The Kier molecular flexibility index (Phi) is 3.57. The van der Waals surface area contributed by atoms with Crippen LogP contribution < -0.4 is 4.74 Å². The number of aromatic hydroxyl groups is 2. The molecule has 2 N–H and O–H groups in total. The Bertz CT molecular complexity index is 729. The number of hydrogen-bond donors (Lipinski definition) is 2. The summed E-state index contributed by atoms with van der Waals surface area (Å²) in [7, 11) is 1.56. The van der Waals surface area contributed by atoms with Crippen molar-refractivity contribution in [2.45, 2.75) is 19.8 Å². The van der Waals surface area contributed by atoms with Gasteiger partial charge in [0, 0.05) is 5.92 Å². The summed E-state index contributed by atoms with van der Waals surface area (Å²) in [5, 5.41) is 19.7. The number of phenolic OH excluding ortho intramolecular Hbond substituents is 2. The van der Waals surface area contributed by atoms with Gasteiger partial charge in [-0.2, -0.15) is 0 Å². The fraction of sp³-hybridized carbons (Fsp3) is 0.263. The van der Waals surface area contributed by atoms with E-state index in [1.54, 1.807) is 25.3 Å². The van der Waals surface area contributed by atoms with Crippen LogP contribution in [0.5, 0.6) is 17.2 Å². The zero-order valence-electron chi connectivity index (χ0n) is 13.0. The summed E-state index contributed by atoms with van der Waals surface area (Å²) in [5.74, 6) is 1.38. The van der Waals surface area contributed by atoms with Crippen LogP contribution in [0, 0.1) is 5.92 Å². The highest BCUT2D eigenvalue weighted by Crippen LogP contribution is 2.45. The van der Waals surface area contributed by atoms with Crippen molar-refractivity contribution in [3.8, 4) is 17.2 Å². The SMILES string of the molecule is COc1cc2c(cc1O)C(c1ccc(O)cc1)C(C)C(C)=C2. The van der Waals surface area contributed by atoms with Gasteiger partial charge in [0.25, 0.3) is 0 Å². The second kappa shape index (κ2) is 5.41. The molecular weight excluding hydrogens is 276 g/mol. The molecule has 0 amide bonds. The van der Waals surface area contributed by atoms with Gasteiger partial charge in [-0.25, -0.2) is 0 Å². The molecular formula is C19H20O3. The molecule has 0 bridgehead atoms. The monoisotopic (exact) mass is 296 g/mol. The van der Waals surface area contributed by atoms with Gasteiger partial charge in [-0.15, -0.1) is 0 Å². The maximum absolute atomic E-state index is 10.1. The van der Waals surface area contributed by atoms with Gasteiger partial charge in [0.05, 0.1) is 7.11 Å². The number of methoxy groups -OCH3 is 1. The summed E-state index contributed by atoms with van der Waals surface area (Å²) in [5.41, 5.74) is 4.58. The van der Waals surface area contributed by atoms with Gasteiger partial charge in [-0.05, 0) is 53.8 Å². The first-order valence-electron chi connectivity index (χ1n) is 7.39. The maximum atomic E-state index is 10.1. The third kappa shape index (κ3) is 2.33. The molecule has 2 atom stereocenters. The molecule has 0 spiro atoms. The summed E-state index contributed by atoms with van der Waals surface area (Å²) in [4.78, 5) is 0. The molecule has 2 unspecified atom stereocenters. The zero-order valence-corrected chi connectivity index (χ0v) is 13.0. The fourth-order valence-corrected chi connectivity index (χ4v) is 3.22. The average molecular weight is 296 g/mol. The minimum absolute atomic E-state index is 0.150. The van der Waals surface area contributed by atoms with Crippen molar-refractivity contribution in [2.75, 3.05) is 7.11 Å². The predicted molar refractivity (Wildman–Crippen MR) is 87.4 cm³/mol. The molecule has 1 aliphatic carbocycles. The number of phenols is 2. The van der Waals surface area contributed by atoms with Gasteiger partial charge in [0.1, 0.15) is 5.75 Å². The van der Waals surface area contributed by atoms with Crippen LogP contribution in [-0.4, -0.2) is 17.3 Å². The molecule has 0 radical (unpaired) electrons. The van der Waals surface area contributed by atoms with E-state index < -0.39 is 0 Å². The lowest BCUT2D eigenvalue weighted by molar-refractivity contribution is 0.372. The number of rotatable bonds is 2. The highest BCUT2D eigenvalue weighted by atomic mass is 16.5. The summed E-state index contributed by atoms with van der Waals surface area (Å²) in [6.07, 6.45) is 2.15. The number of hydrogen-bond acceptors (Lipinski definition) is 3. The number of benzene rings is 2. The Hall–Kier alpha value is -2.42. The van der Waals surface area contributed by atoms with Crippen LogP contribution in [0.3, 0.4) is 0 Å². The number of allylic oxidation sites excluding steroid dienone is 1. The van der Waals surface area contributed by atoms with Gasteiger partial charge >= 0.3 is 0 Å². The van der Waals surface area contributed by atoms with Crippen LogP contribution in [0.15, 0.2) is 42.0 Å². The molecule has 0 heterocycles. The van der Waals surface area contributed by atoms with E-state index in [-0.39, 0.29) is 17.4 Å². The lowest BCUT2D eigenvalue weighted by Crippen LogP contribution is -2.17. The topological polar surface area (TPSA) is 49.7 Å². The maximum Gasteiger partial charge on any atom is 0.161 e. The van der Waals surface area contributed by atoms with E-state index in [2.05, 4.69) is 19.9 Å². The Labute approximate surface area is 130 Å². The minimum Gasteiger partial charge on any atom is -0.508 e. The first-order valence-corrected chi connectivity index (χ1v) is 7.39. The molecule has 114 valence electrons. The van der Waals surface area contributed by atoms with E-state index in [1.807, 2.05) is 18.2 Å². The Morgan fingerprint density at radius 3 is 2.36 bits per heavy atom. The van der Waals surface area contributed by atoms with Crippen LogP contribution in [0.4, 0.5) is 0 Å². The molecule has 0 aromatic heterocycles. The molecule has 2 aromatic rings. The lowest BCUT2D eigenvalue weighted by Gasteiger charge is -2.32. The van der Waals surface area contributed by atoms with Crippen LogP contribution in [-0.2, 0) is 0 Å². The molecule has 0 saturated heterocycles. The van der Waals surface area contributed by atoms with Crippen molar-refractivity contribution in [1.29, 1.82) is 0 Å². The Morgan fingerprint density at radius 1 is 1.05 bits per heavy atom. The van der Waals surface area contributed by atoms with Crippen molar-refractivity contribution in [2.24, 2.45) is 5.92 Å².